The van der Waals surface area contributed by atoms with Gasteiger partial charge in [0.05, 0.1) is 25.4 Å². The second-order valence-electron chi connectivity index (χ2n) is 7.21. The van der Waals surface area contributed by atoms with Crippen LogP contribution in [0.25, 0.3) is 0 Å². The first-order valence-corrected chi connectivity index (χ1v) is 10.1. The monoisotopic (exact) mass is 361 g/mol. The highest BCUT2D eigenvalue weighted by atomic mass is 16.5. The summed E-state index contributed by atoms with van der Waals surface area (Å²) in [4.78, 5) is 12.1. The molecule has 0 aromatic heterocycles. The van der Waals surface area contributed by atoms with Crippen molar-refractivity contribution >= 4 is 5.97 Å². The number of nitrogens with one attached hydrogen (secondary N) is 1. The van der Waals surface area contributed by atoms with E-state index in [1.807, 2.05) is 18.2 Å². The molecule has 5 nitrogen and oxygen atoms in total. The fourth-order valence-corrected chi connectivity index (χ4v) is 3.61. The Morgan fingerprint density at radius 1 is 1.19 bits per heavy atom. The smallest absolute Gasteiger partial charge is 0.339 e. The highest BCUT2D eigenvalue weighted by Gasteiger charge is 2.30. The first-order chi connectivity index (χ1) is 12.8. The number of cyclic esters (lactones) is 1. The van der Waals surface area contributed by atoms with Crippen molar-refractivity contribution in [2.45, 2.75) is 64.0 Å². The molecule has 5 heteroatoms. The van der Waals surface area contributed by atoms with E-state index in [1.165, 1.54) is 6.42 Å². The summed E-state index contributed by atoms with van der Waals surface area (Å²) in [6.45, 7) is 5.46. The van der Waals surface area contributed by atoms with Crippen LogP contribution in [0.5, 0.6) is 5.75 Å². The molecule has 2 unspecified atom stereocenters. The lowest BCUT2D eigenvalue weighted by atomic mass is 10.0. The molecule has 0 amide bonds. The Morgan fingerprint density at radius 3 is 2.92 bits per heavy atom. The summed E-state index contributed by atoms with van der Waals surface area (Å²) in [6, 6.07) is 6.30. The molecule has 3 rings (SSSR count). The van der Waals surface area contributed by atoms with Crippen LogP contribution in [-0.4, -0.2) is 38.4 Å². The first kappa shape index (κ1) is 19.2. The quantitative estimate of drug-likeness (QED) is 0.504. The SMILES string of the molecule is CCCCC1OC(=O)c2cc(OCCCCCC3COCCN3)ccc21. The van der Waals surface area contributed by atoms with E-state index in [1.54, 1.807) is 0 Å². The van der Waals surface area contributed by atoms with Gasteiger partial charge in [0.15, 0.2) is 0 Å². The van der Waals surface area contributed by atoms with Crippen LogP contribution in [0.3, 0.4) is 0 Å². The number of carbonyl (C=O) groups excluding carboxylic acids is 1. The topological polar surface area (TPSA) is 56.8 Å². The lowest BCUT2D eigenvalue weighted by Gasteiger charge is -2.23. The maximum atomic E-state index is 12.1. The minimum absolute atomic E-state index is 0.0797. The van der Waals surface area contributed by atoms with Crippen LogP contribution in [0.15, 0.2) is 18.2 Å². The Hall–Kier alpha value is -1.59. The Morgan fingerprint density at radius 2 is 2.12 bits per heavy atom. The van der Waals surface area contributed by atoms with Gasteiger partial charge >= 0.3 is 5.97 Å². The number of fused-ring (bicyclic) bond motifs is 1. The Bertz CT molecular complexity index is 583. The van der Waals surface area contributed by atoms with E-state index in [-0.39, 0.29) is 12.1 Å². The molecule has 1 aromatic carbocycles. The zero-order valence-corrected chi connectivity index (χ0v) is 15.8. The fourth-order valence-electron chi connectivity index (χ4n) is 3.61. The van der Waals surface area contributed by atoms with Crippen LogP contribution in [0.4, 0.5) is 0 Å². The number of hydrogen-bond donors (Lipinski definition) is 1. The highest BCUT2D eigenvalue weighted by Crippen LogP contribution is 2.36. The van der Waals surface area contributed by atoms with Crippen molar-refractivity contribution in [3.05, 3.63) is 29.3 Å². The van der Waals surface area contributed by atoms with Crippen molar-refractivity contribution < 1.29 is 19.0 Å². The van der Waals surface area contributed by atoms with Crippen LogP contribution >= 0.6 is 0 Å². The third kappa shape index (κ3) is 5.21. The second-order valence-corrected chi connectivity index (χ2v) is 7.21. The Balaban J connectivity index is 1.38. The zero-order chi connectivity index (χ0) is 18.2. The van der Waals surface area contributed by atoms with Gasteiger partial charge in [0.1, 0.15) is 11.9 Å². The third-order valence-corrected chi connectivity index (χ3v) is 5.12. The van der Waals surface area contributed by atoms with Gasteiger partial charge in [0.25, 0.3) is 0 Å². The van der Waals surface area contributed by atoms with E-state index in [0.717, 1.165) is 69.6 Å². The molecule has 0 saturated carbocycles. The molecule has 1 saturated heterocycles. The normalized spacial score (nSPS) is 22.1. The van der Waals surface area contributed by atoms with Gasteiger partial charge < -0.3 is 19.5 Å². The predicted octanol–water partition coefficient (Wildman–Crippen LogP) is 4.02. The molecule has 1 fully saturated rings. The van der Waals surface area contributed by atoms with Crippen molar-refractivity contribution in [3.8, 4) is 5.75 Å². The number of rotatable bonds is 10. The number of morpholine rings is 1. The summed E-state index contributed by atoms with van der Waals surface area (Å²) < 4.78 is 16.8. The van der Waals surface area contributed by atoms with E-state index in [9.17, 15) is 4.79 Å². The summed E-state index contributed by atoms with van der Waals surface area (Å²) in [5, 5.41) is 3.48. The van der Waals surface area contributed by atoms with E-state index in [2.05, 4.69) is 12.2 Å². The Kier molecular flexibility index (Phi) is 7.32. The molecule has 26 heavy (non-hydrogen) atoms. The van der Waals surface area contributed by atoms with Crippen LogP contribution in [0.2, 0.25) is 0 Å². The van der Waals surface area contributed by atoms with Crippen molar-refractivity contribution in [3.63, 3.8) is 0 Å². The van der Waals surface area contributed by atoms with Gasteiger partial charge in [-0.2, -0.15) is 0 Å². The average Bonchev–Trinajstić information content (AvgIpc) is 2.99. The molecule has 0 bridgehead atoms. The lowest BCUT2D eigenvalue weighted by molar-refractivity contribution is 0.0364. The predicted molar refractivity (Wildman–Crippen MR) is 101 cm³/mol. The molecule has 2 heterocycles. The molecule has 2 aliphatic heterocycles. The Labute approximate surface area is 156 Å². The first-order valence-electron chi connectivity index (χ1n) is 10.1. The van der Waals surface area contributed by atoms with E-state index < -0.39 is 0 Å². The molecule has 2 atom stereocenters. The maximum absolute atomic E-state index is 12.1. The van der Waals surface area contributed by atoms with E-state index in [0.29, 0.717) is 18.2 Å². The molecular formula is C21H31NO4. The molecular weight excluding hydrogens is 330 g/mol. The van der Waals surface area contributed by atoms with Gasteiger partial charge in [-0.05, 0) is 37.8 Å². The van der Waals surface area contributed by atoms with Gasteiger partial charge in [-0.15, -0.1) is 0 Å². The number of carbonyl (C=O) groups is 1. The van der Waals surface area contributed by atoms with Gasteiger partial charge in [-0.1, -0.05) is 32.3 Å². The fraction of sp³-hybridized carbons (Fsp3) is 0.667. The second kappa shape index (κ2) is 9.93. The van der Waals surface area contributed by atoms with Crippen molar-refractivity contribution in [2.24, 2.45) is 0 Å². The van der Waals surface area contributed by atoms with Crippen molar-refractivity contribution in [2.75, 3.05) is 26.4 Å². The van der Waals surface area contributed by atoms with Crippen molar-refractivity contribution in [1.29, 1.82) is 0 Å². The van der Waals surface area contributed by atoms with E-state index >= 15 is 0 Å². The van der Waals surface area contributed by atoms with Crippen molar-refractivity contribution in [1.82, 2.24) is 5.32 Å². The molecule has 2 aliphatic rings. The lowest BCUT2D eigenvalue weighted by Crippen LogP contribution is -2.41. The van der Waals surface area contributed by atoms with Crippen LogP contribution in [-0.2, 0) is 9.47 Å². The number of unbranched alkanes of at least 4 members (excludes halogenated alkanes) is 3. The standard InChI is InChI=1S/C21H31NO4/c1-2-3-8-20-18-10-9-17(14-19(18)21(23)26-20)25-12-6-4-5-7-16-15-24-13-11-22-16/h9-10,14,16,20,22H,2-8,11-13,15H2,1H3. The number of esters is 1. The number of benzene rings is 1. The van der Waals surface area contributed by atoms with Crippen LogP contribution < -0.4 is 10.1 Å². The van der Waals surface area contributed by atoms with Gasteiger partial charge in [0.2, 0.25) is 0 Å². The largest absolute Gasteiger partial charge is 0.494 e. The molecule has 1 N–H and O–H groups in total. The highest BCUT2D eigenvalue weighted by molar-refractivity contribution is 5.94. The molecule has 0 radical (unpaired) electrons. The zero-order valence-electron chi connectivity index (χ0n) is 15.8. The third-order valence-electron chi connectivity index (χ3n) is 5.12. The minimum Gasteiger partial charge on any atom is -0.494 e. The average molecular weight is 361 g/mol. The van der Waals surface area contributed by atoms with Gasteiger partial charge in [-0.25, -0.2) is 4.79 Å². The summed E-state index contributed by atoms with van der Waals surface area (Å²) >= 11 is 0. The molecule has 1 aromatic rings. The summed E-state index contributed by atoms with van der Waals surface area (Å²) in [5.74, 6) is 0.549. The molecule has 0 aliphatic carbocycles. The number of hydrogen-bond acceptors (Lipinski definition) is 5. The van der Waals surface area contributed by atoms with Crippen LogP contribution in [0, 0.1) is 0 Å². The number of ether oxygens (including phenoxy) is 3. The minimum atomic E-state index is -0.214. The maximum Gasteiger partial charge on any atom is 0.339 e. The van der Waals surface area contributed by atoms with Crippen LogP contribution in [0.1, 0.15) is 73.9 Å². The van der Waals surface area contributed by atoms with Gasteiger partial charge in [0, 0.05) is 18.2 Å². The molecule has 144 valence electrons. The molecule has 0 spiro atoms. The summed E-state index contributed by atoms with van der Waals surface area (Å²) in [7, 11) is 0. The van der Waals surface area contributed by atoms with Gasteiger partial charge in [-0.3, -0.25) is 0 Å². The summed E-state index contributed by atoms with van der Waals surface area (Å²) in [6.07, 6.45) is 7.49. The van der Waals surface area contributed by atoms with E-state index in [4.69, 9.17) is 14.2 Å². The summed E-state index contributed by atoms with van der Waals surface area (Å²) in [5.41, 5.74) is 1.69.